The van der Waals surface area contributed by atoms with E-state index < -0.39 is 0 Å². The van der Waals surface area contributed by atoms with Crippen LogP contribution in [0.3, 0.4) is 0 Å². The van der Waals surface area contributed by atoms with Crippen LogP contribution in [0.2, 0.25) is 0 Å². The molecular weight excluding hydrogens is 314 g/mol. The second-order valence-corrected chi connectivity index (χ2v) is 6.32. The third-order valence-corrected chi connectivity index (χ3v) is 4.58. The van der Waals surface area contributed by atoms with E-state index in [0.717, 1.165) is 18.4 Å². The highest BCUT2D eigenvalue weighted by Gasteiger charge is 2.17. The summed E-state index contributed by atoms with van der Waals surface area (Å²) in [7, 11) is 0. The standard InChI is InChI=1S/C19H17N5O/c1-12-7-16(9-20)24-11-22-17(18(24)23-12)19(25)21-10-13-5-6-14-3-2-4-15(14)8-13/h5-8,11H,2-4,10H2,1H3,(H,21,25). The molecule has 1 N–H and O–H groups in total. The number of aryl methyl sites for hydroxylation is 3. The summed E-state index contributed by atoms with van der Waals surface area (Å²) in [5, 5.41) is 12.1. The summed E-state index contributed by atoms with van der Waals surface area (Å²) < 4.78 is 1.54. The Hall–Kier alpha value is -3.20. The fourth-order valence-corrected chi connectivity index (χ4v) is 3.34. The van der Waals surface area contributed by atoms with Crippen LogP contribution in [0.15, 0.2) is 30.6 Å². The lowest BCUT2D eigenvalue weighted by Crippen LogP contribution is -2.23. The van der Waals surface area contributed by atoms with Gasteiger partial charge < -0.3 is 5.32 Å². The normalized spacial score (nSPS) is 12.8. The number of carbonyl (C=O) groups excluding carboxylic acids is 1. The first-order valence-electron chi connectivity index (χ1n) is 8.29. The molecule has 3 aromatic rings. The van der Waals surface area contributed by atoms with Gasteiger partial charge >= 0.3 is 0 Å². The van der Waals surface area contributed by atoms with Crippen LogP contribution in [-0.4, -0.2) is 20.3 Å². The Bertz CT molecular complexity index is 1030. The van der Waals surface area contributed by atoms with Crippen LogP contribution >= 0.6 is 0 Å². The maximum absolute atomic E-state index is 12.5. The Kier molecular flexibility index (Phi) is 3.69. The zero-order chi connectivity index (χ0) is 17.4. The van der Waals surface area contributed by atoms with E-state index >= 15 is 0 Å². The predicted molar refractivity (Wildman–Crippen MR) is 92.1 cm³/mol. The summed E-state index contributed by atoms with van der Waals surface area (Å²) in [6.45, 7) is 2.24. The second kappa shape index (κ2) is 6.02. The maximum atomic E-state index is 12.5. The van der Waals surface area contributed by atoms with Gasteiger partial charge in [-0.3, -0.25) is 9.20 Å². The molecule has 0 atom stereocenters. The smallest absolute Gasteiger partial charge is 0.274 e. The minimum Gasteiger partial charge on any atom is -0.347 e. The van der Waals surface area contributed by atoms with Gasteiger partial charge in [-0.1, -0.05) is 18.2 Å². The van der Waals surface area contributed by atoms with Crippen molar-refractivity contribution in [1.29, 1.82) is 5.26 Å². The lowest BCUT2D eigenvalue weighted by Gasteiger charge is -2.07. The molecule has 0 radical (unpaired) electrons. The van der Waals surface area contributed by atoms with Crippen molar-refractivity contribution in [2.45, 2.75) is 32.7 Å². The highest BCUT2D eigenvalue weighted by molar-refractivity contribution is 5.98. The summed E-state index contributed by atoms with van der Waals surface area (Å²) >= 11 is 0. The van der Waals surface area contributed by atoms with E-state index in [-0.39, 0.29) is 11.6 Å². The van der Waals surface area contributed by atoms with E-state index in [1.807, 2.05) is 0 Å². The topological polar surface area (TPSA) is 83.1 Å². The van der Waals surface area contributed by atoms with Crippen molar-refractivity contribution < 1.29 is 4.79 Å². The molecule has 0 unspecified atom stereocenters. The molecule has 0 saturated heterocycles. The predicted octanol–water partition coefficient (Wildman–Crippen LogP) is 2.33. The SMILES string of the molecule is Cc1cc(C#N)n2cnc(C(=O)NCc3ccc4c(c3)CCC4)c2n1. The fraction of sp³-hybridized carbons (Fsp3) is 0.263. The summed E-state index contributed by atoms with van der Waals surface area (Å²) in [6, 6.07) is 10.1. The number of nitrogens with zero attached hydrogens (tertiary/aromatic N) is 4. The van der Waals surface area contributed by atoms with Gasteiger partial charge in [0.1, 0.15) is 18.1 Å². The summed E-state index contributed by atoms with van der Waals surface area (Å²) in [5.74, 6) is -0.287. The van der Waals surface area contributed by atoms with Crippen molar-refractivity contribution in [3.63, 3.8) is 0 Å². The lowest BCUT2D eigenvalue weighted by molar-refractivity contribution is 0.0948. The summed E-state index contributed by atoms with van der Waals surface area (Å²) in [6.07, 6.45) is 4.93. The molecular formula is C19H17N5O. The van der Waals surface area contributed by atoms with Crippen LogP contribution in [0.5, 0.6) is 0 Å². The van der Waals surface area contributed by atoms with E-state index in [1.54, 1.807) is 13.0 Å². The van der Waals surface area contributed by atoms with Crippen LogP contribution in [0.4, 0.5) is 0 Å². The number of rotatable bonds is 3. The average Bonchev–Trinajstić information content (AvgIpc) is 3.24. The third-order valence-electron chi connectivity index (χ3n) is 4.58. The molecule has 2 aromatic heterocycles. The monoisotopic (exact) mass is 331 g/mol. The highest BCUT2D eigenvalue weighted by Crippen LogP contribution is 2.22. The molecule has 0 bridgehead atoms. The van der Waals surface area contributed by atoms with Gasteiger partial charge in [0, 0.05) is 12.2 Å². The highest BCUT2D eigenvalue weighted by atomic mass is 16.1. The summed E-state index contributed by atoms with van der Waals surface area (Å²) in [4.78, 5) is 21.0. The number of hydrogen-bond acceptors (Lipinski definition) is 4. The zero-order valence-corrected chi connectivity index (χ0v) is 13.9. The number of hydrogen-bond donors (Lipinski definition) is 1. The van der Waals surface area contributed by atoms with Crippen LogP contribution in [0, 0.1) is 18.3 Å². The van der Waals surface area contributed by atoms with E-state index in [1.165, 1.54) is 28.3 Å². The molecule has 6 nitrogen and oxygen atoms in total. The molecule has 0 aliphatic heterocycles. The average molecular weight is 331 g/mol. The second-order valence-electron chi connectivity index (χ2n) is 6.32. The summed E-state index contributed by atoms with van der Waals surface area (Å²) in [5.41, 5.74) is 5.61. The molecule has 25 heavy (non-hydrogen) atoms. The maximum Gasteiger partial charge on any atom is 0.274 e. The molecule has 6 heteroatoms. The Labute approximate surface area is 145 Å². The lowest BCUT2D eigenvalue weighted by atomic mass is 10.1. The third kappa shape index (κ3) is 2.74. The zero-order valence-electron chi connectivity index (χ0n) is 13.9. The van der Waals surface area contributed by atoms with Gasteiger partial charge in [-0.2, -0.15) is 5.26 Å². The first-order chi connectivity index (χ1) is 12.2. The molecule has 1 aromatic carbocycles. The van der Waals surface area contributed by atoms with E-state index in [0.29, 0.717) is 23.6 Å². The number of aromatic nitrogens is 3. The quantitative estimate of drug-likeness (QED) is 0.798. The molecule has 0 spiro atoms. The van der Waals surface area contributed by atoms with Crippen molar-refractivity contribution in [2.75, 3.05) is 0 Å². The van der Waals surface area contributed by atoms with Gasteiger partial charge in [0.25, 0.3) is 5.91 Å². The van der Waals surface area contributed by atoms with Crippen molar-refractivity contribution in [1.82, 2.24) is 19.7 Å². The van der Waals surface area contributed by atoms with Gasteiger partial charge in [-0.15, -0.1) is 0 Å². The van der Waals surface area contributed by atoms with Crippen LogP contribution in [0.25, 0.3) is 5.65 Å². The van der Waals surface area contributed by atoms with Gasteiger partial charge in [0.05, 0.1) is 0 Å². The van der Waals surface area contributed by atoms with Gasteiger partial charge in [0.2, 0.25) is 0 Å². The largest absolute Gasteiger partial charge is 0.347 e. The van der Waals surface area contributed by atoms with Crippen molar-refractivity contribution >= 4 is 11.6 Å². The van der Waals surface area contributed by atoms with Crippen molar-refractivity contribution in [2.24, 2.45) is 0 Å². The Balaban J connectivity index is 1.56. The number of fused-ring (bicyclic) bond motifs is 2. The molecule has 0 fully saturated rings. The number of benzene rings is 1. The molecule has 1 aliphatic carbocycles. The van der Waals surface area contributed by atoms with Crippen molar-refractivity contribution in [3.8, 4) is 6.07 Å². The minimum absolute atomic E-state index is 0.237. The molecule has 1 amide bonds. The molecule has 0 saturated carbocycles. The number of nitriles is 1. The Morgan fingerprint density at radius 2 is 2.16 bits per heavy atom. The molecule has 2 heterocycles. The fourth-order valence-electron chi connectivity index (χ4n) is 3.34. The number of carbonyl (C=O) groups is 1. The van der Waals surface area contributed by atoms with Crippen LogP contribution < -0.4 is 5.32 Å². The molecule has 1 aliphatic rings. The van der Waals surface area contributed by atoms with Crippen molar-refractivity contribution in [3.05, 3.63) is 64.4 Å². The van der Waals surface area contributed by atoms with Crippen LogP contribution in [-0.2, 0) is 19.4 Å². The number of amides is 1. The molecule has 4 rings (SSSR count). The van der Waals surface area contributed by atoms with Gasteiger partial charge in [-0.05, 0) is 48.9 Å². The minimum atomic E-state index is -0.287. The van der Waals surface area contributed by atoms with Gasteiger partial charge in [-0.25, -0.2) is 9.97 Å². The first-order valence-corrected chi connectivity index (χ1v) is 8.29. The van der Waals surface area contributed by atoms with E-state index in [4.69, 9.17) is 0 Å². The molecule has 124 valence electrons. The Morgan fingerprint density at radius 1 is 1.32 bits per heavy atom. The van der Waals surface area contributed by atoms with E-state index in [2.05, 4.69) is 39.6 Å². The number of nitrogens with one attached hydrogen (secondary N) is 1. The Morgan fingerprint density at radius 3 is 3.00 bits per heavy atom. The number of imidazole rings is 1. The first kappa shape index (κ1) is 15.3. The van der Waals surface area contributed by atoms with E-state index in [9.17, 15) is 10.1 Å². The van der Waals surface area contributed by atoms with Crippen LogP contribution in [0.1, 0.15) is 45.0 Å². The van der Waals surface area contributed by atoms with Gasteiger partial charge in [0.15, 0.2) is 11.3 Å².